The van der Waals surface area contributed by atoms with Crippen molar-refractivity contribution < 1.29 is 18.9 Å². The number of benzene rings is 1. The molecular weight excluding hydrogens is 382 g/mol. The molecule has 1 saturated heterocycles. The molecular formula is C20H16ClN3O4. The van der Waals surface area contributed by atoms with E-state index < -0.39 is 0 Å². The van der Waals surface area contributed by atoms with Crippen LogP contribution < -0.4 is 4.90 Å². The van der Waals surface area contributed by atoms with Gasteiger partial charge in [0.1, 0.15) is 6.10 Å². The van der Waals surface area contributed by atoms with Gasteiger partial charge in [0.05, 0.1) is 23.2 Å². The summed E-state index contributed by atoms with van der Waals surface area (Å²) in [7, 11) is 0. The Kier molecular flexibility index (Phi) is 3.17. The molecule has 2 aliphatic heterocycles. The lowest BCUT2D eigenvalue weighted by molar-refractivity contribution is -0.125. The fourth-order valence-corrected chi connectivity index (χ4v) is 5.78. The number of hydrogen-bond acceptors (Lipinski definition) is 6. The van der Waals surface area contributed by atoms with Crippen LogP contribution in [0, 0.1) is 36.5 Å². The standard InChI is InChI=1S/C20H16ClN3O4/c1-8-6-13(27-22-8)24-19(25)14-11-7-12(15(14)20(24)26)18-16(11)17(23-28-18)9-2-4-10(21)5-3-9/h2-6,11-12,14-16,18H,7H2,1H3/t11-,12+,14-,15+,16+,18+/m1/s1. The molecule has 2 saturated carbocycles. The maximum atomic E-state index is 13.2. The maximum Gasteiger partial charge on any atom is 0.240 e. The van der Waals surface area contributed by atoms with E-state index in [-0.39, 0.29) is 53.4 Å². The Morgan fingerprint density at radius 3 is 2.46 bits per heavy atom. The largest absolute Gasteiger partial charge is 0.391 e. The second kappa shape index (κ2) is 5.44. The van der Waals surface area contributed by atoms with E-state index in [0.717, 1.165) is 17.7 Å². The van der Waals surface area contributed by atoms with E-state index in [9.17, 15) is 9.59 Å². The lowest BCUT2D eigenvalue weighted by Gasteiger charge is -2.29. The van der Waals surface area contributed by atoms with Crippen molar-refractivity contribution in [3.8, 4) is 0 Å². The molecule has 0 N–H and O–H groups in total. The summed E-state index contributed by atoms with van der Waals surface area (Å²) < 4.78 is 5.21. The van der Waals surface area contributed by atoms with Crippen LogP contribution in [0.2, 0.25) is 5.02 Å². The number of nitrogens with zero attached hydrogens (tertiary/aromatic N) is 3. The van der Waals surface area contributed by atoms with Gasteiger partial charge in [0.2, 0.25) is 17.7 Å². The summed E-state index contributed by atoms with van der Waals surface area (Å²) in [4.78, 5) is 33.2. The third-order valence-electron chi connectivity index (χ3n) is 6.67. The number of anilines is 1. The van der Waals surface area contributed by atoms with Gasteiger partial charge in [0, 0.05) is 22.9 Å². The summed E-state index contributed by atoms with van der Waals surface area (Å²) in [5.41, 5.74) is 2.43. The zero-order chi connectivity index (χ0) is 19.2. The number of oxime groups is 1. The van der Waals surface area contributed by atoms with Gasteiger partial charge in [0.15, 0.2) is 0 Å². The van der Waals surface area contributed by atoms with Crippen molar-refractivity contribution in [2.45, 2.75) is 19.4 Å². The fraction of sp³-hybridized carbons (Fsp3) is 0.400. The fourth-order valence-electron chi connectivity index (χ4n) is 5.66. The number of aryl methyl sites for hydroxylation is 1. The minimum absolute atomic E-state index is 0.0144. The molecule has 2 aliphatic carbocycles. The van der Waals surface area contributed by atoms with Gasteiger partial charge in [-0.05, 0) is 37.0 Å². The quantitative estimate of drug-likeness (QED) is 0.727. The average Bonchev–Trinajstić information content (AvgIpc) is 3.44. The van der Waals surface area contributed by atoms with Crippen LogP contribution in [0.3, 0.4) is 0 Å². The van der Waals surface area contributed by atoms with Crippen molar-refractivity contribution in [3.05, 3.63) is 46.6 Å². The number of amides is 2. The summed E-state index contributed by atoms with van der Waals surface area (Å²) in [5, 5.41) is 8.80. The number of fused-ring (bicyclic) bond motifs is 8. The van der Waals surface area contributed by atoms with Crippen LogP contribution in [-0.2, 0) is 14.4 Å². The Bertz CT molecular complexity index is 1050. The minimum atomic E-state index is -0.371. The molecule has 0 radical (unpaired) electrons. The Balaban J connectivity index is 1.36. The van der Waals surface area contributed by atoms with Crippen molar-refractivity contribution in [1.82, 2.24) is 5.16 Å². The second-order valence-corrected chi connectivity index (χ2v) is 8.45. The van der Waals surface area contributed by atoms with Gasteiger partial charge >= 0.3 is 0 Å². The molecule has 8 heteroatoms. The molecule has 7 nitrogen and oxygen atoms in total. The summed E-state index contributed by atoms with van der Waals surface area (Å²) in [6.07, 6.45) is 0.642. The van der Waals surface area contributed by atoms with Crippen LogP contribution in [0.4, 0.5) is 5.88 Å². The lowest BCUT2D eigenvalue weighted by atomic mass is 9.71. The van der Waals surface area contributed by atoms with Crippen LogP contribution in [0.15, 0.2) is 40.0 Å². The van der Waals surface area contributed by atoms with Gasteiger partial charge in [-0.15, -0.1) is 0 Å². The number of rotatable bonds is 2. The molecule has 3 heterocycles. The minimum Gasteiger partial charge on any atom is -0.391 e. The zero-order valence-corrected chi connectivity index (χ0v) is 15.7. The Morgan fingerprint density at radius 2 is 1.79 bits per heavy atom. The van der Waals surface area contributed by atoms with Crippen LogP contribution in [0.25, 0.3) is 0 Å². The molecule has 142 valence electrons. The van der Waals surface area contributed by atoms with E-state index in [1.165, 1.54) is 4.90 Å². The van der Waals surface area contributed by atoms with Crippen molar-refractivity contribution in [3.63, 3.8) is 0 Å². The molecule has 0 unspecified atom stereocenters. The van der Waals surface area contributed by atoms with Gasteiger partial charge in [0.25, 0.3) is 0 Å². The summed E-state index contributed by atoms with van der Waals surface area (Å²) >= 11 is 6.00. The molecule has 28 heavy (non-hydrogen) atoms. The number of halogens is 1. The smallest absolute Gasteiger partial charge is 0.240 e. The first-order valence-corrected chi connectivity index (χ1v) is 9.73. The van der Waals surface area contributed by atoms with E-state index in [0.29, 0.717) is 10.7 Å². The van der Waals surface area contributed by atoms with E-state index in [4.69, 9.17) is 21.0 Å². The molecule has 4 aliphatic rings. The Labute approximate surface area is 165 Å². The first kappa shape index (κ1) is 16.3. The second-order valence-electron chi connectivity index (χ2n) is 8.01. The summed E-state index contributed by atoms with van der Waals surface area (Å²) in [6.45, 7) is 1.76. The monoisotopic (exact) mass is 397 g/mol. The number of imide groups is 1. The van der Waals surface area contributed by atoms with Gasteiger partial charge < -0.3 is 9.36 Å². The third-order valence-corrected chi connectivity index (χ3v) is 6.92. The molecule has 6 rings (SSSR count). The number of carbonyl (C=O) groups excluding carboxylic acids is 2. The highest BCUT2D eigenvalue weighted by Crippen LogP contribution is 2.62. The molecule has 0 spiro atoms. The summed E-state index contributed by atoms with van der Waals surface area (Å²) in [6, 6.07) is 9.10. The predicted octanol–water partition coefficient (Wildman–Crippen LogP) is 2.81. The molecule has 2 amide bonds. The summed E-state index contributed by atoms with van der Waals surface area (Å²) in [5.74, 6) is -0.895. The lowest BCUT2D eigenvalue weighted by Crippen LogP contribution is -2.41. The predicted molar refractivity (Wildman–Crippen MR) is 98.7 cm³/mol. The first-order valence-electron chi connectivity index (χ1n) is 9.35. The molecule has 2 bridgehead atoms. The highest BCUT2D eigenvalue weighted by Gasteiger charge is 2.70. The van der Waals surface area contributed by atoms with E-state index >= 15 is 0 Å². The molecule has 6 atom stereocenters. The first-order chi connectivity index (χ1) is 13.5. The van der Waals surface area contributed by atoms with E-state index in [1.807, 2.05) is 24.3 Å². The van der Waals surface area contributed by atoms with Crippen molar-refractivity contribution in [1.29, 1.82) is 0 Å². The van der Waals surface area contributed by atoms with Crippen molar-refractivity contribution >= 4 is 35.0 Å². The van der Waals surface area contributed by atoms with Gasteiger partial charge in [-0.25, -0.2) is 4.90 Å². The molecule has 1 aromatic carbocycles. The molecule has 3 fully saturated rings. The topological polar surface area (TPSA) is 85.0 Å². The van der Waals surface area contributed by atoms with Crippen molar-refractivity contribution in [2.75, 3.05) is 4.90 Å². The van der Waals surface area contributed by atoms with Gasteiger partial charge in [-0.2, -0.15) is 0 Å². The number of carbonyl (C=O) groups is 2. The number of aromatic nitrogens is 1. The SMILES string of the molecule is Cc1cc(N2C(=O)[C@@H]3[C@H]4C[C@H]([C@@H]5ON=C(c6ccc(Cl)cc6)[C@H]45)[C@@H]3C2=O)on1. The zero-order valence-electron chi connectivity index (χ0n) is 14.9. The van der Waals surface area contributed by atoms with E-state index in [2.05, 4.69) is 10.3 Å². The van der Waals surface area contributed by atoms with Gasteiger partial charge in [-0.1, -0.05) is 34.0 Å². The van der Waals surface area contributed by atoms with Gasteiger partial charge in [-0.3, -0.25) is 9.59 Å². The van der Waals surface area contributed by atoms with Crippen LogP contribution in [-0.4, -0.2) is 28.8 Å². The third kappa shape index (κ3) is 1.95. The highest BCUT2D eigenvalue weighted by molar-refractivity contribution is 6.30. The normalized spacial score (nSPS) is 35.2. The van der Waals surface area contributed by atoms with Crippen molar-refractivity contribution in [2.24, 2.45) is 34.7 Å². The van der Waals surface area contributed by atoms with Crippen LogP contribution >= 0.6 is 11.6 Å². The Morgan fingerprint density at radius 1 is 1.07 bits per heavy atom. The molecule has 2 aromatic rings. The average molecular weight is 398 g/mol. The van der Waals surface area contributed by atoms with Crippen LogP contribution in [0.5, 0.6) is 0 Å². The number of hydrogen-bond donors (Lipinski definition) is 0. The molecule has 1 aromatic heterocycles. The van der Waals surface area contributed by atoms with Crippen LogP contribution in [0.1, 0.15) is 17.7 Å². The van der Waals surface area contributed by atoms with E-state index in [1.54, 1.807) is 13.0 Å². The maximum absolute atomic E-state index is 13.2. The Hall–Kier alpha value is -2.67. The highest BCUT2D eigenvalue weighted by atomic mass is 35.5.